The lowest BCUT2D eigenvalue weighted by atomic mass is 10.1. The molecule has 0 unspecified atom stereocenters. The molecule has 0 aliphatic carbocycles. The van der Waals surface area contributed by atoms with Crippen LogP contribution in [0.3, 0.4) is 0 Å². The minimum Gasteiger partial charge on any atom is -0.467 e. The second kappa shape index (κ2) is 7.87. The van der Waals surface area contributed by atoms with Crippen LogP contribution in [0.25, 0.3) is 0 Å². The number of nitro groups is 1. The van der Waals surface area contributed by atoms with E-state index in [2.05, 4.69) is 5.32 Å². The Bertz CT molecular complexity index is 728. The highest BCUT2D eigenvalue weighted by molar-refractivity contribution is 5.97. The summed E-state index contributed by atoms with van der Waals surface area (Å²) >= 11 is 0. The normalized spacial score (nSPS) is 11.4. The zero-order valence-corrected chi connectivity index (χ0v) is 13.0. The molecule has 2 rings (SSSR count). The number of methoxy groups -OCH3 is 1. The molecule has 7 heteroatoms. The summed E-state index contributed by atoms with van der Waals surface area (Å²) in [5.41, 5.74) is 0.986. The quantitative estimate of drug-likeness (QED) is 0.497. The van der Waals surface area contributed by atoms with Crippen molar-refractivity contribution in [3.8, 4) is 0 Å². The van der Waals surface area contributed by atoms with Crippen LogP contribution in [0.15, 0.2) is 54.6 Å². The van der Waals surface area contributed by atoms with Crippen LogP contribution >= 0.6 is 0 Å². The molecule has 1 atom stereocenters. The van der Waals surface area contributed by atoms with Gasteiger partial charge in [0, 0.05) is 24.1 Å². The van der Waals surface area contributed by atoms with Gasteiger partial charge in [-0.15, -0.1) is 0 Å². The van der Waals surface area contributed by atoms with E-state index in [0.29, 0.717) is 0 Å². The minimum absolute atomic E-state index is 0.111. The third-order valence-corrected chi connectivity index (χ3v) is 3.41. The van der Waals surface area contributed by atoms with Gasteiger partial charge in [-0.05, 0) is 17.7 Å². The maximum Gasteiger partial charge on any atom is 0.328 e. The largest absolute Gasteiger partial charge is 0.467 e. The standard InChI is InChI=1S/C17H16N2O5/c1-24-17(21)15(11-12-5-3-2-4-6-12)18-16(20)13-7-9-14(10-8-13)19(22)23/h2-10,15H,11H2,1H3,(H,18,20)/t15-/m1/s1. The van der Waals surface area contributed by atoms with Crippen molar-refractivity contribution < 1.29 is 19.2 Å². The number of hydrogen-bond acceptors (Lipinski definition) is 5. The molecule has 124 valence electrons. The highest BCUT2D eigenvalue weighted by Gasteiger charge is 2.22. The molecule has 0 bridgehead atoms. The monoisotopic (exact) mass is 328 g/mol. The summed E-state index contributed by atoms with van der Waals surface area (Å²) in [5.74, 6) is -1.06. The molecule has 0 fully saturated rings. The van der Waals surface area contributed by atoms with Gasteiger partial charge >= 0.3 is 5.97 Å². The summed E-state index contributed by atoms with van der Waals surface area (Å²) in [6.07, 6.45) is 0.284. The van der Waals surface area contributed by atoms with Crippen LogP contribution in [0.1, 0.15) is 15.9 Å². The average Bonchev–Trinajstić information content (AvgIpc) is 2.61. The predicted octanol–water partition coefficient (Wildman–Crippen LogP) is 2.11. The molecule has 0 radical (unpaired) electrons. The fraction of sp³-hybridized carbons (Fsp3) is 0.176. The van der Waals surface area contributed by atoms with Crippen LogP contribution in [-0.4, -0.2) is 30.0 Å². The van der Waals surface area contributed by atoms with E-state index in [1.54, 1.807) is 0 Å². The average molecular weight is 328 g/mol. The topological polar surface area (TPSA) is 98.5 Å². The van der Waals surface area contributed by atoms with E-state index >= 15 is 0 Å². The number of carbonyl (C=O) groups excluding carboxylic acids is 2. The summed E-state index contributed by atoms with van der Waals surface area (Å²) in [7, 11) is 1.25. The zero-order chi connectivity index (χ0) is 17.5. The first-order valence-electron chi connectivity index (χ1n) is 7.18. The Kier molecular flexibility index (Phi) is 5.62. The number of carbonyl (C=O) groups is 2. The minimum atomic E-state index is -0.847. The Morgan fingerprint density at radius 1 is 1.12 bits per heavy atom. The molecule has 1 amide bonds. The van der Waals surface area contributed by atoms with E-state index in [4.69, 9.17) is 4.74 Å². The third kappa shape index (κ3) is 4.39. The van der Waals surface area contributed by atoms with Gasteiger partial charge in [0.05, 0.1) is 12.0 Å². The predicted molar refractivity (Wildman–Crippen MR) is 86.5 cm³/mol. The number of hydrogen-bond donors (Lipinski definition) is 1. The SMILES string of the molecule is COC(=O)[C@@H](Cc1ccccc1)NC(=O)c1ccc([N+](=O)[O-])cc1. The van der Waals surface area contributed by atoms with Crippen LogP contribution in [0.5, 0.6) is 0 Å². The lowest BCUT2D eigenvalue weighted by Crippen LogP contribution is -2.43. The Labute approximate surface area is 138 Å². The van der Waals surface area contributed by atoms with Crippen molar-refractivity contribution >= 4 is 17.6 Å². The van der Waals surface area contributed by atoms with Crippen LogP contribution in [-0.2, 0) is 16.0 Å². The van der Waals surface area contributed by atoms with Crippen molar-refractivity contribution in [3.63, 3.8) is 0 Å². The van der Waals surface area contributed by atoms with E-state index in [1.807, 2.05) is 30.3 Å². The lowest BCUT2D eigenvalue weighted by Gasteiger charge is -2.16. The van der Waals surface area contributed by atoms with Crippen LogP contribution in [0.4, 0.5) is 5.69 Å². The fourth-order valence-corrected chi connectivity index (χ4v) is 2.16. The molecule has 2 aromatic rings. The molecule has 24 heavy (non-hydrogen) atoms. The van der Waals surface area contributed by atoms with Gasteiger partial charge in [0.1, 0.15) is 6.04 Å². The van der Waals surface area contributed by atoms with Crippen LogP contribution < -0.4 is 5.32 Å². The second-order valence-electron chi connectivity index (χ2n) is 5.04. The van der Waals surface area contributed by atoms with Gasteiger partial charge < -0.3 is 10.1 Å². The first kappa shape index (κ1) is 17.1. The number of non-ortho nitro benzene ring substituents is 1. The summed E-state index contributed by atoms with van der Waals surface area (Å²) in [5, 5.41) is 13.2. The molecule has 7 nitrogen and oxygen atoms in total. The van der Waals surface area contributed by atoms with Gasteiger partial charge in [-0.2, -0.15) is 0 Å². The van der Waals surface area contributed by atoms with E-state index in [1.165, 1.54) is 31.4 Å². The first-order valence-corrected chi connectivity index (χ1v) is 7.18. The second-order valence-corrected chi connectivity index (χ2v) is 5.04. The van der Waals surface area contributed by atoms with Gasteiger partial charge in [-0.3, -0.25) is 14.9 Å². The summed E-state index contributed by atoms with van der Waals surface area (Å²) in [4.78, 5) is 34.2. The van der Waals surface area contributed by atoms with Crippen molar-refractivity contribution in [3.05, 3.63) is 75.8 Å². The molecule has 2 aromatic carbocycles. The molecule has 0 spiro atoms. The number of nitrogens with one attached hydrogen (secondary N) is 1. The van der Waals surface area contributed by atoms with Crippen molar-refractivity contribution in [2.24, 2.45) is 0 Å². The number of nitro benzene ring substituents is 1. The molecule has 0 aliphatic heterocycles. The molecule has 0 heterocycles. The highest BCUT2D eigenvalue weighted by Crippen LogP contribution is 2.12. The number of rotatable bonds is 6. The van der Waals surface area contributed by atoms with E-state index in [9.17, 15) is 19.7 Å². The van der Waals surface area contributed by atoms with Gasteiger partial charge in [-0.25, -0.2) is 4.79 Å². The van der Waals surface area contributed by atoms with Crippen molar-refractivity contribution in [2.75, 3.05) is 7.11 Å². The van der Waals surface area contributed by atoms with Crippen molar-refractivity contribution in [2.45, 2.75) is 12.5 Å². The Balaban J connectivity index is 2.12. The maximum atomic E-state index is 12.3. The van der Waals surface area contributed by atoms with Gasteiger partial charge in [0.2, 0.25) is 0 Å². The fourth-order valence-electron chi connectivity index (χ4n) is 2.16. The lowest BCUT2D eigenvalue weighted by molar-refractivity contribution is -0.384. The number of benzene rings is 2. The third-order valence-electron chi connectivity index (χ3n) is 3.41. The highest BCUT2D eigenvalue weighted by atomic mass is 16.6. The Hall–Kier alpha value is -3.22. The molecule has 0 saturated heterocycles. The van der Waals surface area contributed by atoms with E-state index < -0.39 is 22.8 Å². The molecule has 1 N–H and O–H groups in total. The van der Waals surface area contributed by atoms with E-state index in [-0.39, 0.29) is 17.7 Å². The zero-order valence-electron chi connectivity index (χ0n) is 13.0. The first-order chi connectivity index (χ1) is 11.5. The maximum absolute atomic E-state index is 12.3. The van der Waals surface area contributed by atoms with E-state index in [0.717, 1.165) is 5.56 Å². The van der Waals surface area contributed by atoms with Crippen LogP contribution in [0, 0.1) is 10.1 Å². The number of nitrogens with zero attached hydrogens (tertiary/aromatic N) is 1. The van der Waals surface area contributed by atoms with Gasteiger partial charge in [0.15, 0.2) is 0 Å². The molecule has 0 aromatic heterocycles. The molecular formula is C17H16N2O5. The van der Waals surface area contributed by atoms with Gasteiger partial charge in [-0.1, -0.05) is 30.3 Å². The smallest absolute Gasteiger partial charge is 0.328 e. The number of esters is 1. The Morgan fingerprint density at radius 3 is 2.29 bits per heavy atom. The number of amides is 1. The summed E-state index contributed by atoms with van der Waals surface area (Å²) in [6.45, 7) is 0. The van der Waals surface area contributed by atoms with Gasteiger partial charge in [0.25, 0.3) is 11.6 Å². The summed E-state index contributed by atoms with van der Waals surface area (Å²) in [6, 6.07) is 13.5. The van der Waals surface area contributed by atoms with Crippen molar-refractivity contribution in [1.29, 1.82) is 0 Å². The van der Waals surface area contributed by atoms with Crippen molar-refractivity contribution in [1.82, 2.24) is 5.32 Å². The molecular weight excluding hydrogens is 312 g/mol. The number of ether oxygens (including phenoxy) is 1. The Morgan fingerprint density at radius 2 is 1.75 bits per heavy atom. The molecule has 0 aliphatic rings. The van der Waals surface area contributed by atoms with Crippen LogP contribution in [0.2, 0.25) is 0 Å². The molecule has 0 saturated carbocycles. The summed E-state index contributed by atoms with van der Waals surface area (Å²) < 4.78 is 4.73.